The number of ether oxygens (including phenoxy) is 2. The number of nitrogens with zero attached hydrogens (tertiary/aromatic N) is 1. The van der Waals surface area contributed by atoms with Gasteiger partial charge >= 0.3 is 6.61 Å². The second kappa shape index (κ2) is 6.81. The Balaban J connectivity index is 2.08. The Kier molecular flexibility index (Phi) is 4.71. The lowest BCUT2D eigenvalue weighted by atomic mass is 9.87. The zero-order chi connectivity index (χ0) is 19.0. The molecule has 0 saturated heterocycles. The Labute approximate surface area is 147 Å². The number of nitrogens with one attached hydrogen (secondary N) is 2. The van der Waals surface area contributed by atoms with Crippen molar-refractivity contribution in [1.82, 2.24) is 9.78 Å². The molecule has 1 aliphatic rings. The molecule has 1 atom stereocenters. The van der Waals surface area contributed by atoms with E-state index in [1.54, 1.807) is 10.7 Å². The molecule has 0 bridgehead atoms. The number of methoxy groups -OCH3 is 1. The van der Waals surface area contributed by atoms with Gasteiger partial charge in [0, 0.05) is 18.4 Å². The van der Waals surface area contributed by atoms with Gasteiger partial charge in [-0.05, 0) is 31.5 Å². The van der Waals surface area contributed by atoms with Gasteiger partial charge in [-0.2, -0.15) is 8.78 Å². The van der Waals surface area contributed by atoms with Gasteiger partial charge in [0.15, 0.2) is 11.5 Å². The Morgan fingerprint density at radius 2 is 1.96 bits per heavy atom. The summed E-state index contributed by atoms with van der Waals surface area (Å²) in [4.78, 5) is 24.6. The fourth-order valence-corrected chi connectivity index (χ4v) is 3.15. The Hall–Kier alpha value is -2.84. The van der Waals surface area contributed by atoms with Crippen molar-refractivity contribution in [1.29, 1.82) is 0 Å². The van der Waals surface area contributed by atoms with Crippen LogP contribution >= 0.6 is 0 Å². The van der Waals surface area contributed by atoms with Crippen LogP contribution < -0.4 is 20.3 Å². The van der Waals surface area contributed by atoms with E-state index in [4.69, 9.17) is 4.74 Å². The van der Waals surface area contributed by atoms with Crippen molar-refractivity contribution >= 4 is 11.7 Å². The normalized spacial score (nSPS) is 16.6. The maximum Gasteiger partial charge on any atom is 0.387 e. The molecule has 0 fully saturated rings. The first kappa shape index (κ1) is 18.0. The molecule has 1 amide bonds. The van der Waals surface area contributed by atoms with E-state index in [1.165, 1.54) is 19.2 Å². The molecule has 1 unspecified atom stereocenters. The number of carbonyl (C=O) groups is 1. The number of amides is 1. The van der Waals surface area contributed by atoms with Crippen LogP contribution in [0.4, 0.5) is 14.6 Å². The minimum Gasteiger partial charge on any atom is -0.493 e. The number of rotatable bonds is 5. The summed E-state index contributed by atoms with van der Waals surface area (Å²) in [5.41, 5.74) is 0.736. The first-order valence-electron chi connectivity index (χ1n) is 8.08. The molecule has 0 aliphatic carbocycles. The number of aromatic nitrogens is 2. The molecule has 1 aliphatic heterocycles. The molecule has 2 heterocycles. The molecule has 9 heteroatoms. The molecule has 2 N–H and O–H groups in total. The van der Waals surface area contributed by atoms with Crippen molar-refractivity contribution in [2.45, 2.75) is 38.8 Å². The van der Waals surface area contributed by atoms with E-state index < -0.39 is 12.5 Å². The average Bonchev–Trinajstić information content (AvgIpc) is 2.91. The molecule has 26 heavy (non-hydrogen) atoms. The Bertz CT molecular complexity index is 889. The number of hydrogen-bond acceptors (Lipinski definition) is 4. The summed E-state index contributed by atoms with van der Waals surface area (Å²) in [6.45, 7) is 0.779. The molecule has 0 saturated carbocycles. The SMILES string of the molecule is COc1cc(C2CC(=O)Nc3c2c(=O)[nH]n3C(C)C)ccc1OC(F)F. The number of alkyl halides is 2. The van der Waals surface area contributed by atoms with E-state index in [1.807, 2.05) is 13.8 Å². The topological polar surface area (TPSA) is 85.4 Å². The smallest absolute Gasteiger partial charge is 0.387 e. The van der Waals surface area contributed by atoms with Crippen LogP contribution in [0, 0.1) is 0 Å². The van der Waals surface area contributed by atoms with Crippen molar-refractivity contribution < 1.29 is 23.0 Å². The van der Waals surface area contributed by atoms with Crippen LogP contribution in [-0.2, 0) is 4.79 Å². The third-order valence-electron chi connectivity index (χ3n) is 4.28. The van der Waals surface area contributed by atoms with Gasteiger partial charge < -0.3 is 14.8 Å². The number of carbonyl (C=O) groups excluding carboxylic acids is 1. The molecule has 1 aromatic carbocycles. The van der Waals surface area contributed by atoms with Crippen LogP contribution in [0.3, 0.4) is 0 Å². The maximum atomic E-state index is 12.5. The first-order valence-corrected chi connectivity index (χ1v) is 8.08. The quantitative estimate of drug-likeness (QED) is 0.851. The second-order valence-corrected chi connectivity index (χ2v) is 6.26. The maximum absolute atomic E-state index is 12.5. The molecular weight excluding hydrogens is 348 g/mol. The van der Waals surface area contributed by atoms with Gasteiger partial charge in [0.25, 0.3) is 5.56 Å². The zero-order valence-electron chi connectivity index (χ0n) is 14.5. The third-order valence-corrected chi connectivity index (χ3v) is 4.28. The predicted octanol–water partition coefficient (Wildman–Crippen LogP) is 2.84. The monoisotopic (exact) mass is 367 g/mol. The molecule has 3 rings (SSSR count). The summed E-state index contributed by atoms with van der Waals surface area (Å²) in [6.07, 6.45) is 0.0659. The van der Waals surface area contributed by atoms with E-state index in [-0.39, 0.29) is 35.4 Å². The molecule has 1 aromatic heterocycles. The van der Waals surface area contributed by atoms with Crippen molar-refractivity contribution in [3.63, 3.8) is 0 Å². The summed E-state index contributed by atoms with van der Waals surface area (Å²) in [7, 11) is 1.33. The number of H-pyrrole nitrogens is 1. The number of benzene rings is 1. The average molecular weight is 367 g/mol. The van der Waals surface area contributed by atoms with Gasteiger partial charge in [-0.1, -0.05) is 6.07 Å². The summed E-state index contributed by atoms with van der Waals surface area (Å²) in [5.74, 6) is -0.326. The van der Waals surface area contributed by atoms with Gasteiger partial charge in [-0.25, -0.2) is 0 Å². The molecule has 2 aromatic rings. The Morgan fingerprint density at radius 1 is 1.23 bits per heavy atom. The lowest BCUT2D eigenvalue weighted by Gasteiger charge is -2.24. The number of anilines is 1. The minimum absolute atomic E-state index is 0.0538. The van der Waals surface area contributed by atoms with Crippen molar-refractivity contribution in [3.8, 4) is 11.5 Å². The Morgan fingerprint density at radius 3 is 2.58 bits per heavy atom. The number of halogens is 2. The van der Waals surface area contributed by atoms with Gasteiger partial charge in [0.1, 0.15) is 5.82 Å². The van der Waals surface area contributed by atoms with Gasteiger partial charge in [-0.3, -0.25) is 19.4 Å². The summed E-state index contributed by atoms with van der Waals surface area (Å²) in [5, 5.41) is 5.47. The number of aromatic amines is 1. The summed E-state index contributed by atoms with van der Waals surface area (Å²) < 4.78 is 36.1. The molecule has 140 valence electrons. The largest absolute Gasteiger partial charge is 0.493 e. The fraction of sp³-hybridized carbons (Fsp3) is 0.412. The van der Waals surface area contributed by atoms with Gasteiger partial charge in [0.2, 0.25) is 5.91 Å². The third kappa shape index (κ3) is 3.16. The summed E-state index contributed by atoms with van der Waals surface area (Å²) in [6, 6.07) is 4.36. The lowest BCUT2D eigenvalue weighted by Crippen LogP contribution is -2.27. The van der Waals surface area contributed by atoms with Gasteiger partial charge in [-0.15, -0.1) is 0 Å². The van der Waals surface area contributed by atoms with E-state index in [9.17, 15) is 18.4 Å². The van der Waals surface area contributed by atoms with Crippen LogP contribution in [0.15, 0.2) is 23.0 Å². The van der Waals surface area contributed by atoms with E-state index >= 15 is 0 Å². The number of hydrogen-bond donors (Lipinski definition) is 2. The van der Waals surface area contributed by atoms with E-state index in [0.29, 0.717) is 16.9 Å². The standard InChI is InChI=1S/C17H19F2N3O4/c1-8(2)22-15-14(16(24)21-22)10(7-13(23)20-15)9-4-5-11(26-17(18)19)12(6-9)25-3/h4-6,8,10,17H,7H2,1-3H3,(H,20,23)(H,21,24). The van der Waals surface area contributed by atoms with Crippen molar-refractivity contribution in [2.75, 3.05) is 12.4 Å². The zero-order valence-corrected chi connectivity index (χ0v) is 14.5. The highest BCUT2D eigenvalue weighted by Crippen LogP contribution is 2.39. The predicted molar refractivity (Wildman–Crippen MR) is 90.2 cm³/mol. The molecule has 0 spiro atoms. The molecule has 7 nitrogen and oxygen atoms in total. The van der Waals surface area contributed by atoms with Crippen molar-refractivity contribution in [2.24, 2.45) is 0 Å². The summed E-state index contributed by atoms with van der Waals surface area (Å²) >= 11 is 0. The van der Waals surface area contributed by atoms with Crippen LogP contribution in [0.2, 0.25) is 0 Å². The van der Waals surface area contributed by atoms with Crippen molar-refractivity contribution in [3.05, 3.63) is 39.7 Å². The molecular formula is C17H19F2N3O4. The van der Waals surface area contributed by atoms with Crippen LogP contribution in [-0.4, -0.2) is 29.4 Å². The van der Waals surface area contributed by atoms with Crippen LogP contribution in [0.1, 0.15) is 43.4 Å². The number of fused-ring (bicyclic) bond motifs is 1. The minimum atomic E-state index is -2.98. The molecule has 0 radical (unpaired) electrons. The highest BCUT2D eigenvalue weighted by Gasteiger charge is 2.33. The van der Waals surface area contributed by atoms with Crippen LogP contribution in [0.5, 0.6) is 11.5 Å². The highest BCUT2D eigenvalue weighted by molar-refractivity contribution is 5.94. The fourth-order valence-electron chi connectivity index (χ4n) is 3.15. The lowest BCUT2D eigenvalue weighted by molar-refractivity contribution is -0.116. The van der Waals surface area contributed by atoms with Gasteiger partial charge in [0.05, 0.1) is 12.7 Å². The van der Waals surface area contributed by atoms with Crippen LogP contribution in [0.25, 0.3) is 0 Å². The highest BCUT2D eigenvalue weighted by atomic mass is 19.3. The van der Waals surface area contributed by atoms with E-state index in [0.717, 1.165) is 0 Å². The first-order chi connectivity index (χ1) is 12.3. The van der Waals surface area contributed by atoms with E-state index in [2.05, 4.69) is 15.2 Å². The second-order valence-electron chi connectivity index (χ2n) is 6.26.